The van der Waals surface area contributed by atoms with E-state index in [1.165, 1.54) is 6.07 Å². The Morgan fingerprint density at radius 2 is 2.00 bits per heavy atom. The molecule has 0 saturated carbocycles. The fourth-order valence-corrected chi connectivity index (χ4v) is 2.08. The Morgan fingerprint density at radius 1 is 1.32 bits per heavy atom. The molecule has 0 amide bonds. The van der Waals surface area contributed by atoms with Crippen molar-refractivity contribution < 1.29 is 21.8 Å². The summed E-state index contributed by atoms with van der Waals surface area (Å²) in [6, 6.07) is 2.94. The second-order valence-corrected chi connectivity index (χ2v) is 5.67. The van der Waals surface area contributed by atoms with Gasteiger partial charge in [0.05, 0.1) is 5.56 Å². The Labute approximate surface area is 111 Å². The normalized spacial score (nSPS) is 13.5. The van der Waals surface area contributed by atoms with Crippen molar-refractivity contribution >= 4 is 10.8 Å². The number of halogens is 4. The molecular formula is C12H15F4NOS. The first-order valence-electron chi connectivity index (χ1n) is 5.67. The zero-order valence-electron chi connectivity index (χ0n) is 10.4. The maximum atomic E-state index is 13.0. The van der Waals surface area contributed by atoms with E-state index in [4.69, 9.17) is 0 Å². The Balaban J connectivity index is 2.53. The summed E-state index contributed by atoms with van der Waals surface area (Å²) in [5, 5.41) is 2.93. The summed E-state index contributed by atoms with van der Waals surface area (Å²) in [5.74, 6) is -0.720. The fraction of sp³-hybridized carbons (Fsp3) is 0.500. The van der Waals surface area contributed by atoms with Crippen LogP contribution in [0.2, 0.25) is 0 Å². The van der Waals surface area contributed by atoms with Crippen LogP contribution in [0.3, 0.4) is 0 Å². The van der Waals surface area contributed by atoms with Gasteiger partial charge in [-0.25, -0.2) is 4.39 Å². The van der Waals surface area contributed by atoms with Crippen LogP contribution in [0.15, 0.2) is 18.2 Å². The van der Waals surface area contributed by atoms with E-state index in [2.05, 4.69) is 5.32 Å². The number of hydrogen-bond donors (Lipinski definition) is 1. The lowest BCUT2D eigenvalue weighted by Gasteiger charge is -2.10. The van der Waals surface area contributed by atoms with Crippen LogP contribution < -0.4 is 5.32 Å². The topological polar surface area (TPSA) is 29.1 Å². The Bertz CT molecular complexity index is 448. The molecule has 19 heavy (non-hydrogen) atoms. The van der Waals surface area contributed by atoms with Crippen LogP contribution in [0, 0.1) is 5.82 Å². The van der Waals surface area contributed by atoms with Crippen LogP contribution in [-0.4, -0.2) is 22.8 Å². The second kappa shape index (κ2) is 7.00. The Kier molecular flexibility index (Phi) is 5.93. The number of benzene rings is 1. The van der Waals surface area contributed by atoms with Crippen LogP contribution >= 0.6 is 0 Å². The minimum absolute atomic E-state index is 0.222. The van der Waals surface area contributed by atoms with E-state index in [9.17, 15) is 21.8 Å². The summed E-state index contributed by atoms with van der Waals surface area (Å²) in [7, 11) is -0.870. The molecule has 0 fully saturated rings. The van der Waals surface area contributed by atoms with Gasteiger partial charge in [0.2, 0.25) is 0 Å². The van der Waals surface area contributed by atoms with Gasteiger partial charge in [-0.2, -0.15) is 13.2 Å². The van der Waals surface area contributed by atoms with Gasteiger partial charge in [0, 0.05) is 29.4 Å². The lowest BCUT2D eigenvalue weighted by Crippen LogP contribution is -2.17. The maximum Gasteiger partial charge on any atom is 0.419 e. The third kappa shape index (κ3) is 5.69. The van der Waals surface area contributed by atoms with Gasteiger partial charge >= 0.3 is 6.18 Å². The molecule has 0 radical (unpaired) electrons. The SMILES string of the molecule is CS(=O)CCCNCc1ccc(F)c(C(F)(F)F)c1. The van der Waals surface area contributed by atoms with Crippen molar-refractivity contribution in [3.05, 3.63) is 35.1 Å². The summed E-state index contributed by atoms with van der Waals surface area (Å²) in [6.45, 7) is 0.776. The average molecular weight is 297 g/mol. The number of hydrogen-bond acceptors (Lipinski definition) is 2. The molecule has 0 aliphatic heterocycles. The molecule has 1 unspecified atom stereocenters. The van der Waals surface area contributed by atoms with E-state index in [0.29, 0.717) is 24.3 Å². The highest BCUT2D eigenvalue weighted by atomic mass is 32.2. The molecule has 0 spiro atoms. The van der Waals surface area contributed by atoms with Gasteiger partial charge in [0.25, 0.3) is 0 Å². The Hall–Kier alpha value is -0.950. The van der Waals surface area contributed by atoms with Crippen LogP contribution in [0.25, 0.3) is 0 Å². The van der Waals surface area contributed by atoms with E-state index in [1.807, 2.05) is 0 Å². The molecule has 7 heteroatoms. The van der Waals surface area contributed by atoms with Crippen LogP contribution in [0.1, 0.15) is 17.5 Å². The number of alkyl halides is 3. The quantitative estimate of drug-likeness (QED) is 0.646. The molecule has 0 saturated heterocycles. The molecule has 1 N–H and O–H groups in total. The van der Waals surface area contributed by atoms with Crippen LogP contribution in [-0.2, 0) is 23.5 Å². The monoisotopic (exact) mass is 297 g/mol. The van der Waals surface area contributed by atoms with E-state index in [0.717, 1.165) is 12.1 Å². The first-order chi connectivity index (χ1) is 8.80. The first-order valence-corrected chi connectivity index (χ1v) is 7.40. The summed E-state index contributed by atoms with van der Waals surface area (Å²) in [4.78, 5) is 0. The molecule has 1 rings (SSSR count). The van der Waals surface area contributed by atoms with Gasteiger partial charge in [-0.05, 0) is 30.7 Å². The van der Waals surface area contributed by atoms with Gasteiger partial charge in [-0.15, -0.1) is 0 Å². The summed E-state index contributed by atoms with van der Waals surface area (Å²) in [6.07, 6.45) is -2.41. The smallest absolute Gasteiger partial charge is 0.313 e. The second-order valence-electron chi connectivity index (χ2n) is 4.12. The zero-order chi connectivity index (χ0) is 14.5. The van der Waals surface area contributed by atoms with E-state index in [1.54, 1.807) is 6.26 Å². The van der Waals surface area contributed by atoms with E-state index < -0.39 is 28.4 Å². The Morgan fingerprint density at radius 3 is 2.58 bits per heavy atom. The van der Waals surface area contributed by atoms with Gasteiger partial charge in [-0.3, -0.25) is 4.21 Å². The highest BCUT2D eigenvalue weighted by Gasteiger charge is 2.34. The van der Waals surface area contributed by atoms with Gasteiger partial charge < -0.3 is 5.32 Å². The first kappa shape index (κ1) is 16.1. The standard InChI is InChI=1S/C12H15F4NOS/c1-19(18)6-2-5-17-8-9-3-4-11(13)10(7-9)12(14,15)16/h3-4,7,17H,2,5-6,8H2,1H3. The van der Waals surface area contributed by atoms with E-state index in [-0.39, 0.29) is 6.54 Å². The molecule has 1 aromatic rings. The van der Waals surface area contributed by atoms with Crippen molar-refractivity contribution in [2.75, 3.05) is 18.6 Å². The molecule has 0 bridgehead atoms. The molecule has 1 aromatic carbocycles. The third-order valence-electron chi connectivity index (χ3n) is 2.45. The van der Waals surface area contributed by atoms with Gasteiger partial charge in [0.1, 0.15) is 5.82 Å². The van der Waals surface area contributed by atoms with Crippen molar-refractivity contribution in [3.8, 4) is 0 Å². The zero-order valence-corrected chi connectivity index (χ0v) is 11.2. The summed E-state index contributed by atoms with van der Waals surface area (Å²) in [5.41, 5.74) is -0.882. The molecule has 1 atom stereocenters. The molecule has 0 aliphatic carbocycles. The van der Waals surface area contributed by atoms with Crippen LogP contribution in [0.5, 0.6) is 0 Å². The minimum Gasteiger partial charge on any atom is -0.313 e. The van der Waals surface area contributed by atoms with Crippen molar-refractivity contribution in [1.29, 1.82) is 0 Å². The predicted octanol–water partition coefficient (Wildman–Crippen LogP) is 2.70. The largest absolute Gasteiger partial charge is 0.419 e. The van der Waals surface area contributed by atoms with E-state index >= 15 is 0 Å². The average Bonchev–Trinajstić information content (AvgIpc) is 2.28. The van der Waals surface area contributed by atoms with Gasteiger partial charge in [-0.1, -0.05) is 6.07 Å². The lowest BCUT2D eigenvalue weighted by atomic mass is 10.1. The maximum absolute atomic E-state index is 13.0. The molecule has 2 nitrogen and oxygen atoms in total. The van der Waals surface area contributed by atoms with Crippen molar-refractivity contribution in [2.24, 2.45) is 0 Å². The number of rotatable bonds is 6. The summed E-state index contributed by atoms with van der Waals surface area (Å²) < 4.78 is 61.2. The molecule has 0 aromatic heterocycles. The van der Waals surface area contributed by atoms with Crippen LogP contribution in [0.4, 0.5) is 17.6 Å². The minimum atomic E-state index is -4.68. The van der Waals surface area contributed by atoms with Gasteiger partial charge in [0.15, 0.2) is 0 Å². The van der Waals surface area contributed by atoms with Crippen molar-refractivity contribution in [2.45, 2.75) is 19.1 Å². The molecule has 0 heterocycles. The molecule has 108 valence electrons. The summed E-state index contributed by atoms with van der Waals surface area (Å²) >= 11 is 0. The highest BCUT2D eigenvalue weighted by molar-refractivity contribution is 7.84. The molecular weight excluding hydrogens is 282 g/mol. The number of nitrogens with one attached hydrogen (secondary N) is 1. The highest BCUT2D eigenvalue weighted by Crippen LogP contribution is 2.31. The fourth-order valence-electron chi connectivity index (χ4n) is 1.53. The molecule has 0 aliphatic rings. The third-order valence-corrected chi connectivity index (χ3v) is 3.31. The van der Waals surface area contributed by atoms with Crippen molar-refractivity contribution in [1.82, 2.24) is 5.32 Å². The van der Waals surface area contributed by atoms with Crippen molar-refractivity contribution in [3.63, 3.8) is 0 Å². The lowest BCUT2D eigenvalue weighted by molar-refractivity contribution is -0.140. The predicted molar refractivity (Wildman–Crippen MR) is 66.7 cm³/mol.